The van der Waals surface area contributed by atoms with E-state index in [1.807, 2.05) is 20.9 Å². The molecule has 1 heterocycles. The monoisotopic (exact) mass is 216 g/mol. The Morgan fingerprint density at radius 3 is 2.53 bits per heavy atom. The summed E-state index contributed by atoms with van der Waals surface area (Å²) < 4.78 is 26.7. The quantitative estimate of drug-likeness (QED) is 0.721. The third-order valence-electron chi connectivity index (χ3n) is 3.45. The molecule has 15 heavy (non-hydrogen) atoms. The molecule has 0 radical (unpaired) electrons. The van der Waals surface area contributed by atoms with Crippen LogP contribution in [0.1, 0.15) is 33.6 Å². The molecule has 0 saturated carbocycles. The predicted molar refractivity (Wildman–Crippen MR) is 58.1 cm³/mol. The smallest absolute Gasteiger partial charge is 0.184 e. The van der Waals surface area contributed by atoms with Crippen molar-refractivity contribution in [3.8, 4) is 0 Å². The average Bonchev–Trinajstić information content (AvgIpc) is 2.30. The highest BCUT2D eigenvalue weighted by Crippen LogP contribution is 2.25. The molecule has 0 amide bonds. The first-order chi connectivity index (χ1) is 7.02. The highest BCUT2D eigenvalue weighted by molar-refractivity contribution is 5.32. The minimum atomic E-state index is -0.698. The van der Waals surface area contributed by atoms with Crippen LogP contribution in [0.2, 0.25) is 0 Å². The third-order valence-corrected chi connectivity index (χ3v) is 3.45. The molecule has 1 aliphatic rings. The molecule has 1 N–H and O–H groups in total. The maximum atomic E-state index is 13.9. The molecule has 0 saturated heterocycles. The Bertz CT molecular complexity index is 305. The van der Waals surface area contributed by atoms with E-state index in [2.05, 4.69) is 0 Å². The maximum Gasteiger partial charge on any atom is 0.184 e. The van der Waals surface area contributed by atoms with E-state index in [0.29, 0.717) is 5.57 Å². The fourth-order valence-electron chi connectivity index (χ4n) is 2.10. The van der Waals surface area contributed by atoms with Gasteiger partial charge in [-0.3, -0.25) is 0 Å². The molecule has 2 unspecified atom stereocenters. The number of halogens is 2. The summed E-state index contributed by atoms with van der Waals surface area (Å²) in [6, 6.07) is 0.244. The molecule has 2 atom stereocenters. The Balaban J connectivity index is 3.21. The van der Waals surface area contributed by atoms with Gasteiger partial charge in [-0.15, -0.1) is 0 Å². The van der Waals surface area contributed by atoms with Gasteiger partial charge in [-0.1, -0.05) is 12.5 Å². The highest BCUT2D eigenvalue weighted by Gasteiger charge is 2.28. The summed E-state index contributed by atoms with van der Waals surface area (Å²) in [4.78, 5) is 0.859. The molecule has 0 aromatic carbocycles. The van der Waals surface area contributed by atoms with Gasteiger partial charge in [-0.25, -0.2) is 8.78 Å². The largest absolute Gasteiger partial charge is 0.301 e. The van der Waals surface area contributed by atoms with Crippen LogP contribution < -0.4 is 4.90 Å². The third kappa shape index (κ3) is 2.28. The lowest BCUT2D eigenvalue weighted by Crippen LogP contribution is -3.11. The molecule has 3 heteroatoms. The molecule has 0 aromatic rings. The molecule has 0 aliphatic carbocycles. The number of nitrogens with one attached hydrogen (secondary N) is 1. The number of hydrogen-bond donors (Lipinski definition) is 1. The van der Waals surface area contributed by atoms with Gasteiger partial charge in [0, 0.05) is 6.42 Å². The number of rotatable bonds is 2. The van der Waals surface area contributed by atoms with E-state index < -0.39 is 6.67 Å². The van der Waals surface area contributed by atoms with Crippen molar-refractivity contribution in [1.82, 2.24) is 0 Å². The zero-order valence-corrected chi connectivity index (χ0v) is 9.95. The van der Waals surface area contributed by atoms with Gasteiger partial charge < -0.3 is 4.90 Å². The normalized spacial score (nSPS) is 28.4. The van der Waals surface area contributed by atoms with Crippen molar-refractivity contribution in [3.63, 3.8) is 0 Å². The lowest BCUT2D eigenvalue weighted by Gasteiger charge is -2.20. The van der Waals surface area contributed by atoms with Crippen molar-refractivity contribution in [3.05, 3.63) is 22.7 Å². The van der Waals surface area contributed by atoms with Crippen LogP contribution in [-0.2, 0) is 0 Å². The topological polar surface area (TPSA) is 4.44 Å². The summed E-state index contributed by atoms with van der Waals surface area (Å²) in [6.07, 6.45) is 1.70. The second-order valence-electron chi connectivity index (χ2n) is 4.30. The molecular weight excluding hydrogens is 196 g/mol. The minimum absolute atomic E-state index is 0.244. The van der Waals surface area contributed by atoms with Crippen molar-refractivity contribution in [2.45, 2.75) is 39.7 Å². The molecule has 0 bridgehead atoms. The van der Waals surface area contributed by atoms with E-state index in [1.165, 1.54) is 0 Å². The average molecular weight is 216 g/mol. The number of hydrogen-bond acceptors (Lipinski definition) is 0. The van der Waals surface area contributed by atoms with Gasteiger partial charge in [-0.05, 0) is 25.8 Å². The second kappa shape index (κ2) is 4.88. The predicted octanol–water partition coefficient (Wildman–Crippen LogP) is 2.17. The summed E-state index contributed by atoms with van der Waals surface area (Å²) in [7, 11) is 1.84. The number of alkyl halides is 1. The first kappa shape index (κ1) is 12.4. The van der Waals surface area contributed by atoms with Crippen LogP contribution in [0.3, 0.4) is 0 Å². The van der Waals surface area contributed by atoms with Gasteiger partial charge >= 0.3 is 0 Å². The van der Waals surface area contributed by atoms with Gasteiger partial charge in [0.25, 0.3) is 0 Å². The standard InChI is InChI=1S/C12H19F2N/c1-5-10-6-8(2)15(4)11(7-13)12(14)9(10)3/h8H,5-7H2,1-4H3/p+1. The van der Waals surface area contributed by atoms with Crippen LogP contribution >= 0.6 is 0 Å². The van der Waals surface area contributed by atoms with Crippen molar-refractivity contribution in [2.24, 2.45) is 0 Å². The summed E-state index contributed by atoms with van der Waals surface area (Å²) >= 11 is 0. The minimum Gasteiger partial charge on any atom is -0.301 e. The van der Waals surface area contributed by atoms with Crippen molar-refractivity contribution >= 4 is 0 Å². The zero-order valence-electron chi connectivity index (χ0n) is 9.95. The number of quaternary nitrogens is 1. The van der Waals surface area contributed by atoms with Crippen molar-refractivity contribution < 1.29 is 13.7 Å². The maximum absolute atomic E-state index is 13.9. The van der Waals surface area contributed by atoms with Gasteiger partial charge in [0.15, 0.2) is 18.2 Å². The second-order valence-corrected chi connectivity index (χ2v) is 4.30. The van der Waals surface area contributed by atoms with E-state index in [0.717, 1.165) is 23.3 Å². The van der Waals surface area contributed by atoms with Gasteiger partial charge in [0.05, 0.1) is 13.1 Å². The summed E-state index contributed by atoms with van der Waals surface area (Å²) in [5.41, 5.74) is 2.03. The summed E-state index contributed by atoms with van der Waals surface area (Å²) in [5, 5.41) is 0. The van der Waals surface area contributed by atoms with E-state index in [4.69, 9.17) is 0 Å². The molecule has 0 fully saturated rings. The summed E-state index contributed by atoms with van der Waals surface area (Å²) in [5.74, 6) is -0.337. The molecule has 1 rings (SSSR count). The molecule has 1 nitrogen and oxygen atoms in total. The lowest BCUT2D eigenvalue weighted by molar-refractivity contribution is -0.866. The fraction of sp³-hybridized carbons (Fsp3) is 0.667. The molecular formula is C12H20F2N+. The van der Waals surface area contributed by atoms with Gasteiger partial charge in [-0.2, -0.15) is 0 Å². The van der Waals surface area contributed by atoms with Crippen LogP contribution in [0.5, 0.6) is 0 Å². The fourth-order valence-corrected chi connectivity index (χ4v) is 2.10. The Morgan fingerprint density at radius 1 is 1.47 bits per heavy atom. The van der Waals surface area contributed by atoms with Crippen LogP contribution in [0.15, 0.2) is 22.7 Å². The molecule has 1 aliphatic heterocycles. The van der Waals surface area contributed by atoms with Crippen LogP contribution in [0, 0.1) is 0 Å². The lowest BCUT2D eigenvalue weighted by atomic mass is 10.0. The van der Waals surface area contributed by atoms with Crippen LogP contribution in [-0.4, -0.2) is 19.8 Å². The van der Waals surface area contributed by atoms with Crippen LogP contribution in [0.25, 0.3) is 0 Å². The van der Waals surface area contributed by atoms with Gasteiger partial charge in [0.2, 0.25) is 0 Å². The Hall–Kier alpha value is -0.700. The van der Waals surface area contributed by atoms with E-state index in [9.17, 15) is 8.78 Å². The first-order valence-corrected chi connectivity index (χ1v) is 5.50. The number of allylic oxidation sites excluding steroid dienone is 3. The molecule has 86 valence electrons. The van der Waals surface area contributed by atoms with Crippen molar-refractivity contribution in [2.75, 3.05) is 13.7 Å². The Kier molecular flexibility index (Phi) is 4.03. The van der Waals surface area contributed by atoms with Crippen molar-refractivity contribution in [1.29, 1.82) is 0 Å². The van der Waals surface area contributed by atoms with E-state index in [1.54, 1.807) is 6.92 Å². The van der Waals surface area contributed by atoms with E-state index >= 15 is 0 Å². The Labute approximate surface area is 90.5 Å². The zero-order chi connectivity index (χ0) is 11.6. The Morgan fingerprint density at radius 2 is 2.07 bits per heavy atom. The van der Waals surface area contributed by atoms with Gasteiger partial charge in [0.1, 0.15) is 0 Å². The molecule has 0 aromatic heterocycles. The highest BCUT2D eigenvalue weighted by atomic mass is 19.1. The molecule has 0 spiro atoms. The summed E-state index contributed by atoms with van der Waals surface area (Å²) in [6.45, 7) is 5.12. The van der Waals surface area contributed by atoms with E-state index in [-0.39, 0.29) is 17.6 Å². The van der Waals surface area contributed by atoms with Crippen LogP contribution in [0.4, 0.5) is 8.78 Å². The first-order valence-electron chi connectivity index (χ1n) is 5.50. The SMILES string of the molecule is CCC1=C(C)C(F)=C(CF)[NH+](C)C(C)C1.